The Labute approximate surface area is 127 Å². The van der Waals surface area contributed by atoms with Crippen LogP contribution in [0.25, 0.3) is 0 Å². The number of nitrogens with one attached hydrogen (secondary N) is 2. The van der Waals surface area contributed by atoms with E-state index in [0.717, 1.165) is 18.8 Å². The van der Waals surface area contributed by atoms with Gasteiger partial charge in [0.05, 0.1) is 13.2 Å². The molecular formula is C16H17N3O3. The van der Waals surface area contributed by atoms with Crippen LogP contribution in [0.5, 0.6) is 0 Å². The van der Waals surface area contributed by atoms with Gasteiger partial charge in [0.2, 0.25) is 0 Å². The standard InChI is InChI=1S/C16H17N3O3/c20-15-14(5-2-6-17-15)16(21)18-12-3-1-4-13(11-12)19-7-9-22-10-8-19/h1-6,11H,7-10H2,(H,17,20)(H,18,21). The largest absolute Gasteiger partial charge is 0.378 e. The van der Waals surface area contributed by atoms with Crippen LogP contribution in [0.1, 0.15) is 10.4 Å². The molecule has 6 nitrogen and oxygen atoms in total. The SMILES string of the molecule is O=C(Nc1cccc(N2CCOCC2)c1)c1ccc[nH]c1=O. The van der Waals surface area contributed by atoms with Gasteiger partial charge in [-0.05, 0) is 30.3 Å². The van der Waals surface area contributed by atoms with Crippen molar-refractivity contribution < 1.29 is 9.53 Å². The van der Waals surface area contributed by atoms with Crippen molar-refractivity contribution >= 4 is 17.3 Å². The average molecular weight is 299 g/mol. The fourth-order valence-electron chi connectivity index (χ4n) is 2.40. The Morgan fingerprint density at radius 2 is 2.00 bits per heavy atom. The summed E-state index contributed by atoms with van der Waals surface area (Å²) in [5.74, 6) is -0.416. The van der Waals surface area contributed by atoms with Gasteiger partial charge in [0, 0.05) is 30.7 Å². The van der Waals surface area contributed by atoms with E-state index in [-0.39, 0.29) is 5.56 Å². The summed E-state index contributed by atoms with van der Waals surface area (Å²) in [6.45, 7) is 3.07. The predicted octanol–water partition coefficient (Wildman–Crippen LogP) is 1.46. The summed E-state index contributed by atoms with van der Waals surface area (Å²) in [7, 11) is 0. The molecular weight excluding hydrogens is 282 g/mol. The van der Waals surface area contributed by atoms with Gasteiger partial charge in [-0.2, -0.15) is 0 Å². The number of aromatic nitrogens is 1. The van der Waals surface area contributed by atoms with Crippen molar-refractivity contribution in [1.82, 2.24) is 4.98 Å². The third-order valence-electron chi connectivity index (χ3n) is 3.54. The molecule has 114 valence electrons. The number of amides is 1. The molecule has 3 rings (SSSR count). The van der Waals surface area contributed by atoms with Crippen molar-refractivity contribution in [3.05, 3.63) is 58.5 Å². The van der Waals surface area contributed by atoms with Crippen LogP contribution in [-0.2, 0) is 4.74 Å². The number of carbonyl (C=O) groups excluding carboxylic acids is 1. The molecule has 2 N–H and O–H groups in total. The van der Waals surface area contributed by atoms with Gasteiger partial charge in [-0.25, -0.2) is 0 Å². The van der Waals surface area contributed by atoms with E-state index >= 15 is 0 Å². The molecule has 1 fully saturated rings. The summed E-state index contributed by atoms with van der Waals surface area (Å²) in [5.41, 5.74) is 1.39. The second kappa shape index (κ2) is 6.44. The Morgan fingerprint density at radius 3 is 2.77 bits per heavy atom. The van der Waals surface area contributed by atoms with Gasteiger partial charge in [-0.3, -0.25) is 9.59 Å². The van der Waals surface area contributed by atoms with Crippen LogP contribution < -0.4 is 15.8 Å². The van der Waals surface area contributed by atoms with Crippen LogP contribution in [0.2, 0.25) is 0 Å². The first-order valence-corrected chi connectivity index (χ1v) is 7.16. The fraction of sp³-hybridized carbons (Fsp3) is 0.250. The summed E-state index contributed by atoms with van der Waals surface area (Å²) in [4.78, 5) is 28.5. The summed E-state index contributed by atoms with van der Waals surface area (Å²) >= 11 is 0. The van der Waals surface area contributed by atoms with Gasteiger partial charge >= 0.3 is 0 Å². The zero-order valence-electron chi connectivity index (χ0n) is 12.0. The highest BCUT2D eigenvalue weighted by atomic mass is 16.5. The number of hydrogen-bond acceptors (Lipinski definition) is 4. The molecule has 0 unspecified atom stereocenters. The Bertz CT molecular complexity index is 720. The number of pyridine rings is 1. The van der Waals surface area contributed by atoms with Gasteiger partial charge in [0.15, 0.2) is 0 Å². The second-order valence-corrected chi connectivity index (χ2v) is 5.02. The Hall–Kier alpha value is -2.60. The van der Waals surface area contributed by atoms with E-state index in [4.69, 9.17) is 4.74 Å². The zero-order valence-corrected chi connectivity index (χ0v) is 12.0. The molecule has 22 heavy (non-hydrogen) atoms. The average Bonchev–Trinajstić information content (AvgIpc) is 2.56. The van der Waals surface area contributed by atoms with Crippen LogP contribution in [0.3, 0.4) is 0 Å². The maximum absolute atomic E-state index is 12.2. The Balaban J connectivity index is 1.76. The minimum atomic E-state index is -0.416. The minimum Gasteiger partial charge on any atom is -0.378 e. The van der Waals surface area contributed by atoms with Gasteiger partial charge in [0.1, 0.15) is 5.56 Å². The molecule has 1 aliphatic heterocycles. The first-order valence-electron chi connectivity index (χ1n) is 7.16. The molecule has 1 aromatic heterocycles. The zero-order chi connectivity index (χ0) is 15.4. The molecule has 1 aromatic carbocycles. The van der Waals surface area contributed by atoms with E-state index in [1.165, 1.54) is 12.3 Å². The Morgan fingerprint density at radius 1 is 1.18 bits per heavy atom. The first-order chi connectivity index (χ1) is 10.7. The number of nitrogens with zero attached hydrogens (tertiary/aromatic N) is 1. The van der Waals surface area contributed by atoms with Gasteiger partial charge in [0.25, 0.3) is 11.5 Å². The van der Waals surface area contributed by atoms with E-state index in [0.29, 0.717) is 18.9 Å². The number of rotatable bonds is 3. The lowest BCUT2D eigenvalue weighted by Gasteiger charge is -2.29. The summed E-state index contributed by atoms with van der Waals surface area (Å²) in [6.07, 6.45) is 1.50. The topological polar surface area (TPSA) is 74.4 Å². The predicted molar refractivity (Wildman–Crippen MR) is 84.5 cm³/mol. The third-order valence-corrected chi connectivity index (χ3v) is 3.54. The fourth-order valence-corrected chi connectivity index (χ4v) is 2.40. The number of aromatic amines is 1. The lowest BCUT2D eigenvalue weighted by Crippen LogP contribution is -2.36. The summed E-state index contributed by atoms with van der Waals surface area (Å²) in [6, 6.07) is 10.7. The van der Waals surface area contributed by atoms with Gasteiger partial charge < -0.3 is 19.9 Å². The van der Waals surface area contributed by atoms with Crippen molar-refractivity contribution in [3.63, 3.8) is 0 Å². The number of carbonyl (C=O) groups is 1. The van der Waals surface area contributed by atoms with E-state index < -0.39 is 11.5 Å². The molecule has 0 aliphatic carbocycles. The maximum Gasteiger partial charge on any atom is 0.261 e. The first kappa shape index (κ1) is 14.3. The molecule has 0 spiro atoms. The van der Waals surface area contributed by atoms with Crippen molar-refractivity contribution in [2.75, 3.05) is 36.5 Å². The lowest BCUT2D eigenvalue weighted by atomic mass is 10.2. The molecule has 1 amide bonds. The molecule has 0 atom stereocenters. The number of morpholine rings is 1. The third kappa shape index (κ3) is 3.17. The van der Waals surface area contributed by atoms with Crippen molar-refractivity contribution in [2.24, 2.45) is 0 Å². The van der Waals surface area contributed by atoms with Gasteiger partial charge in [-0.1, -0.05) is 6.07 Å². The van der Waals surface area contributed by atoms with Crippen LogP contribution in [-0.4, -0.2) is 37.2 Å². The minimum absolute atomic E-state index is 0.0966. The highest BCUT2D eigenvalue weighted by molar-refractivity contribution is 6.04. The monoisotopic (exact) mass is 299 g/mol. The summed E-state index contributed by atoms with van der Waals surface area (Å²) < 4.78 is 5.34. The highest BCUT2D eigenvalue weighted by Gasteiger charge is 2.13. The normalized spacial score (nSPS) is 14.6. The maximum atomic E-state index is 12.2. The number of H-pyrrole nitrogens is 1. The van der Waals surface area contributed by atoms with Crippen LogP contribution in [0, 0.1) is 0 Å². The van der Waals surface area contributed by atoms with E-state index in [2.05, 4.69) is 15.2 Å². The molecule has 0 radical (unpaired) electrons. The molecule has 0 bridgehead atoms. The van der Waals surface area contributed by atoms with Crippen molar-refractivity contribution in [2.45, 2.75) is 0 Å². The number of anilines is 2. The number of ether oxygens (including phenoxy) is 1. The van der Waals surface area contributed by atoms with E-state index in [9.17, 15) is 9.59 Å². The van der Waals surface area contributed by atoms with Crippen LogP contribution in [0.4, 0.5) is 11.4 Å². The molecule has 6 heteroatoms. The quantitative estimate of drug-likeness (QED) is 0.900. The molecule has 2 aromatic rings. The molecule has 0 saturated carbocycles. The van der Waals surface area contributed by atoms with Crippen LogP contribution in [0.15, 0.2) is 47.4 Å². The van der Waals surface area contributed by atoms with Crippen LogP contribution >= 0.6 is 0 Å². The number of hydrogen-bond donors (Lipinski definition) is 2. The molecule has 2 heterocycles. The second-order valence-electron chi connectivity index (χ2n) is 5.02. The Kier molecular flexibility index (Phi) is 4.20. The number of benzene rings is 1. The van der Waals surface area contributed by atoms with Gasteiger partial charge in [-0.15, -0.1) is 0 Å². The molecule has 1 aliphatic rings. The van der Waals surface area contributed by atoms with E-state index in [1.807, 2.05) is 18.2 Å². The smallest absolute Gasteiger partial charge is 0.261 e. The lowest BCUT2D eigenvalue weighted by molar-refractivity contribution is 0.102. The van der Waals surface area contributed by atoms with Crippen molar-refractivity contribution in [3.8, 4) is 0 Å². The molecule has 1 saturated heterocycles. The van der Waals surface area contributed by atoms with Crippen molar-refractivity contribution in [1.29, 1.82) is 0 Å². The summed E-state index contributed by atoms with van der Waals surface area (Å²) in [5, 5.41) is 2.76. The highest BCUT2D eigenvalue weighted by Crippen LogP contribution is 2.20. The van der Waals surface area contributed by atoms with E-state index in [1.54, 1.807) is 12.1 Å².